The van der Waals surface area contributed by atoms with Gasteiger partial charge >= 0.3 is 0 Å². The van der Waals surface area contributed by atoms with Crippen LogP contribution in [0.1, 0.15) is 45.1 Å². The molecule has 0 fully saturated rings. The lowest BCUT2D eigenvalue weighted by Crippen LogP contribution is -2.35. The van der Waals surface area contributed by atoms with Gasteiger partial charge in [-0.15, -0.1) is 0 Å². The third kappa shape index (κ3) is 4.74. The SMILES string of the molecule is CCCC(CCC)C(Cc1ccccc1Br)NC. The van der Waals surface area contributed by atoms with Gasteiger partial charge in [0.15, 0.2) is 0 Å². The highest BCUT2D eigenvalue weighted by atomic mass is 79.9. The standard InChI is InChI=1S/C16H26BrN/c1-4-8-13(9-5-2)16(18-3)12-14-10-6-7-11-15(14)17/h6-7,10-11,13,16,18H,4-5,8-9,12H2,1-3H3. The molecule has 1 nitrogen and oxygen atoms in total. The Morgan fingerprint density at radius 3 is 2.22 bits per heavy atom. The Labute approximate surface area is 120 Å². The summed E-state index contributed by atoms with van der Waals surface area (Å²) in [5.74, 6) is 0.789. The first-order valence-corrected chi connectivity index (χ1v) is 7.92. The summed E-state index contributed by atoms with van der Waals surface area (Å²) in [5, 5.41) is 3.53. The van der Waals surface area contributed by atoms with Gasteiger partial charge in [0, 0.05) is 10.5 Å². The van der Waals surface area contributed by atoms with Crippen LogP contribution in [0.4, 0.5) is 0 Å². The maximum Gasteiger partial charge on any atom is 0.0207 e. The van der Waals surface area contributed by atoms with Crippen LogP contribution >= 0.6 is 15.9 Å². The first kappa shape index (κ1) is 15.7. The maximum absolute atomic E-state index is 3.65. The summed E-state index contributed by atoms with van der Waals surface area (Å²) in [7, 11) is 2.10. The highest BCUT2D eigenvalue weighted by molar-refractivity contribution is 9.10. The topological polar surface area (TPSA) is 12.0 Å². The van der Waals surface area contributed by atoms with Crippen LogP contribution in [0.25, 0.3) is 0 Å². The average molecular weight is 312 g/mol. The fraction of sp³-hybridized carbons (Fsp3) is 0.625. The van der Waals surface area contributed by atoms with Gasteiger partial charge in [-0.25, -0.2) is 0 Å². The molecule has 0 bridgehead atoms. The van der Waals surface area contributed by atoms with E-state index in [0.717, 1.165) is 12.3 Å². The highest BCUT2D eigenvalue weighted by Gasteiger charge is 2.19. The molecule has 1 atom stereocenters. The average Bonchev–Trinajstić information content (AvgIpc) is 2.38. The van der Waals surface area contributed by atoms with E-state index in [2.05, 4.69) is 66.4 Å². The van der Waals surface area contributed by atoms with Crippen LogP contribution in [-0.4, -0.2) is 13.1 Å². The van der Waals surface area contributed by atoms with E-state index in [1.54, 1.807) is 0 Å². The van der Waals surface area contributed by atoms with E-state index >= 15 is 0 Å². The van der Waals surface area contributed by atoms with Crippen molar-refractivity contribution in [3.8, 4) is 0 Å². The highest BCUT2D eigenvalue weighted by Crippen LogP contribution is 2.24. The Kier molecular flexibility index (Phi) is 7.60. The molecule has 1 rings (SSSR count). The summed E-state index contributed by atoms with van der Waals surface area (Å²) in [6.45, 7) is 4.57. The van der Waals surface area contributed by atoms with Gasteiger partial charge in [0.25, 0.3) is 0 Å². The molecular formula is C16H26BrN. The molecule has 0 heterocycles. The molecule has 0 radical (unpaired) electrons. The van der Waals surface area contributed by atoms with Gasteiger partial charge in [-0.05, 0) is 43.9 Å². The summed E-state index contributed by atoms with van der Waals surface area (Å²) in [5.41, 5.74) is 1.41. The van der Waals surface area contributed by atoms with Crippen LogP contribution in [0.3, 0.4) is 0 Å². The Morgan fingerprint density at radius 1 is 1.11 bits per heavy atom. The number of rotatable bonds is 8. The smallest absolute Gasteiger partial charge is 0.0207 e. The fourth-order valence-corrected chi connectivity index (χ4v) is 3.14. The van der Waals surface area contributed by atoms with Gasteiger partial charge in [-0.1, -0.05) is 60.8 Å². The monoisotopic (exact) mass is 311 g/mol. The van der Waals surface area contributed by atoms with Crippen molar-refractivity contribution in [2.75, 3.05) is 7.05 Å². The molecule has 0 aliphatic carbocycles. The Balaban J connectivity index is 2.73. The van der Waals surface area contributed by atoms with Crippen LogP contribution < -0.4 is 5.32 Å². The zero-order valence-electron chi connectivity index (χ0n) is 11.9. The van der Waals surface area contributed by atoms with Gasteiger partial charge in [0.2, 0.25) is 0 Å². The quantitative estimate of drug-likeness (QED) is 0.727. The van der Waals surface area contributed by atoms with Crippen LogP contribution in [0.5, 0.6) is 0 Å². The van der Waals surface area contributed by atoms with Gasteiger partial charge in [-0.2, -0.15) is 0 Å². The van der Waals surface area contributed by atoms with Crippen molar-refractivity contribution in [3.63, 3.8) is 0 Å². The van der Waals surface area contributed by atoms with Gasteiger partial charge < -0.3 is 5.32 Å². The lowest BCUT2D eigenvalue weighted by Gasteiger charge is -2.27. The lowest BCUT2D eigenvalue weighted by atomic mass is 9.87. The number of benzene rings is 1. The zero-order valence-corrected chi connectivity index (χ0v) is 13.5. The summed E-state index contributed by atoms with van der Waals surface area (Å²) in [6.07, 6.45) is 6.31. The second-order valence-electron chi connectivity index (χ2n) is 5.03. The summed E-state index contributed by atoms with van der Waals surface area (Å²) in [6, 6.07) is 9.16. The number of hydrogen-bond acceptors (Lipinski definition) is 1. The largest absolute Gasteiger partial charge is 0.316 e. The molecule has 0 aliphatic rings. The molecule has 0 spiro atoms. The first-order chi connectivity index (χ1) is 8.72. The second kappa shape index (κ2) is 8.71. The Bertz CT molecular complexity index is 332. The molecule has 102 valence electrons. The molecule has 0 saturated carbocycles. The Hall–Kier alpha value is -0.340. The van der Waals surface area contributed by atoms with Crippen molar-refractivity contribution in [1.29, 1.82) is 0 Å². The third-order valence-electron chi connectivity index (χ3n) is 3.66. The van der Waals surface area contributed by atoms with Crippen molar-refractivity contribution in [2.45, 2.75) is 52.0 Å². The predicted molar refractivity (Wildman–Crippen MR) is 84.0 cm³/mol. The normalized spacial score (nSPS) is 12.9. The van der Waals surface area contributed by atoms with Crippen LogP contribution in [-0.2, 0) is 6.42 Å². The number of nitrogens with one attached hydrogen (secondary N) is 1. The molecule has 0 aromatic heterocycles. The number of halogens is 1. The molecule has 2 heteroatoms. The van der Waals surface area contributed by atoms with Crippen LogP contribution in [0.2, 0.25) is 0 Å². The summed E-state index contributed by atoms with van der Waals surface area (Å²) < 4.78 is 1.23. The number of likely N-dealkylation sites (N-methyl/N-ethyl adjacent to an activating group) is 1. The van der Waals surface area contributed by atoms with E-state index in [1.165, 1.54) is 35.7 Å². The van der Waals surface area contributed by atoms with Crippen molar-refractivity contribution in [1.82, 2.24) is 5.32 Å². The molecule has 0 saturated heterocycles. The minimum Gasteiger partial charge on any atom is -0.316 e. The van der Waals surface area contributed by atoms with E-state index in [9.17, 15) is 0 Å². The van der Waals surface area contributed by atoms with Crippen molar-refractivity contribution < 1.29 is 0 Å². The first-order valence-electron chi connectivity index (χ1n) is 7.13. The minimum atomic E-state index is 0.587. The Morgan fingerprint density at radius 2 is 1.72 bits per heavy atom. The van der Waals surface area contributed by atoms with Crippen molar-refractivity contribution in [2.24, 2.45) is 5.92 Å². The molecule has 1 N–H and O–H groups in total. The molecular weight excluding hydrogens is 286 g/mol. The van der Waals surface area contributed by atoms with Gasteiger partial charge in [-0.3, -0.25) is 0 Å². The number of hydrogen-bond donors (Lipinski definition) is 1. The minimum absolute atomic E-state index is 0.587. The summed E-state index contributed by atoms with van der Waals surface area (Å²) >= 11 is 3.65. The zero-order chi connectivity index (χ0) is 13.4. The van der Waals surface area contributed by atoms with E-state index in [0.29, 0.717) is 6.04 Å². The van der Waals surface area contributed by atoms with Gasteiger partial charge in [0.05, 0.1) is 0 Å². The molecule has 1 aromatic rings. The van der Waals surface area contributed by atoms with Gasteiger partial charge in [0.1, 0.15) is 0 Å². The van der Waals surface area contributed by atoms with E-state index in [1.807, 2.05) is 0 Å². The molecule has 0 amide bonds. The third-order valence-corrected chi connectivity index (χ3v) is 4.43. The van der Waals surface area contributed by atoms with Crippen LogP contribution in [0.15, 0.2) is 28.7 Å². The molecule has 18 heavy (non-hydrogen) atoms. The summed E-state index contributed by atoms with van der Waals surface area (Å²) in [4.78, 5) is 0. The van der Waals surface area contributed by atoms with E-state index in [-0.39, 0.29) is 0 Å². The predicted octanol–water partition coefficient (Wildman–Crippen LogP) is 4.80. The lowest BCUT2D eigenvalue weighted by molar-refractivity contribution is 0.322. The van der Waals surface area contributed by atoms with E-state index in [4.69, 9.17) is 0 Å². The van der Waals surface area contributed by atoms with E-state index < -0.39 is 0 Å². The molecule has 0 aliphatic heterocycles. The molecule has 1 aromatic carbocycles. The maximum atomic E-state index is 3.65. The van der Waals surface area contributed by atoms with Crippen molar-refractivity contribution in [3.05, 3.63) is 34.3 Å². The van der Waals surface area contributed by atoms with Crippen LogP contribution in [0, 0.1) is 5.92 Å². The fourth-order valence-electron chi connectivity index (χ4n) is 2.69. The second-order valence-corrected chi connectivity index (χ2v) is 5.88. The molecule has 1 unspecified atom stereocenters. The van der Waals surface area contributed by atoms with Crippen molar-refractivity contribution >= 4 is 15.9 Å².